The van der Waals surface area contributed by atoms with Gasteiger partial charge in [0, 0.05) is 23.7 Å². The lowest BCUT2D eigenvalue weighted by molar-refractivity contribution is 0.394. The fourth-order valence-electron chi connectivity index (χ4n) is 3.16. The van der Waals surface area contributed by atoms with Crippen molar-refractivity contribution >= 4 is 11.8 Å². The van der Waals surface area contributed by atoms with Crippen LogP contribution in [0, 0.1) is 6.92 Å². The molecule has 0 atom stereocenters. The van der Waals surface area contributed by atoms with Crippen LogP contribution in [0.25, 0.3) is 22.8 Å². The minimum Gasteiger partial charge on any atom is -0.497 e. The number of benzene rings is 2. The van der Waals surface area contributed by atoms with E-state index >= 15 is 0 Å². The maximum atomic E-state index is 5.84. The van der Waals surface area contributed by atoms with E-state index in [2.05, 4.69) is 27.3 Å². The molecule has 0 spiro atoms. The summed E-state index contributed by atoms with van der Waals surface area (Å²) in [6.07, 6.45) is 0. The Bertz CT molecular complexity index is 1170. The summed E-state index contributed by atoms with van der Waals surface area (Å²) in [4.78, 5) is 0. The number of nitrogens with zero attached hydrogens (tertiary/aromatic N) is 5. The highest BCUT2D eigenvalue weighted by molar-refractivity contribution is 7.98. The average molecular weight is 438 g/mol. The van der Waals surface area contributed by atoms with Crippen molar-refractivity contribution < 1.29 is 13.9 Å². The normalized spacial score (nSPS) is 11.0. The molecular formula is C22H23N5O3S. The van der Waals surface area contributed by atoms with Gasteiger partial charge in [-0.05, 0) is 38.1 Å². The van der Waals surface area contributed by atoms with Crippen LogP contribution in [0.5, 0.6) is 11.5 Å². The Morgan fingerprint density at radius 3 is 2.39 bits per heavy atom. The lowest BCUT2D eigenvalue weighted by Gasteiger charge is -2.10. The molecule has 0 aliphatic rings. The molecule has 0 saturated carbocycles. The third-order valence-electron chi connectivity index (χ3n) is 4.70. The van der Waals surface area contributed by atoms with Crippen molar-refractivity contribution in [3.63, 3.8) is 0 Å². The largest absolute Gasteiger partial charge is 0.497 e. The lowest BCUT2D eigenvalue weighted by atomic mass is 10.1. The molecule has 0 radical (unpaired) electrons. The molecule has 9 heteroatoms. The number of methoxy groups -OCH3 is 2. The van der Waals surface area contributed by atoms with E-state index in [1.807, 2.05) is 54.0 Å². The molecule has 0 unspecified atom stereocenters. The lowest BCUT2D eigenvalue weighted by Crippen LogP contribution is -2.00. The van der Waals surface area contributed by atoms with Crippen molar-refractivity contribution in [2.24, 2.45) is 0 Å². The number of hydrogen-bond donors (Lipinski definition) is 0. The van der Waals surface area contributed by atoms with Crippen molar-refractivity contribution in [2.75, 3.05) is 14.2 Å². The maximum absolute atomic E-state index is 5.84. The van der Waals surface area contributed by atoms with Gasteiger partial charge in [0.15, 0.2) is 11.0 Å². The Morgan fingerprint density at radius 2 is 1.71 bits per heavy atom. The number of rotatable bonds is 8. The fraction of sp³-hybridized carbons (Fsp3) is 0.273. The summed E-state index contributed by atoms with van der Waals surface area (Å²) in [6.45, 7) is 4.79. The van der Waals surface area contributed by atoms with E-state index in [0.717, 1.165) is 27.7 Å². The summed E-state index contributed by atoms with van der Waals surface area (Å²) < 4.78 is 18.6. The Kier molecular flexibility index (Phi) is 6.22. The third-order valence-corrected chi connectivity index (χ3v) is 5.65. The first-order chi connectivity index (χ1) is 15.1. The van der Waals surface area contributed by atoms with Crippen LogP contribution in [-0.2, 0) is 12.3 Å². The molecule has 31 heavy (non-hydrogen) atoms. The highest BCUT2D eigenvalue weighted by Gasteiger charge is 2.17. The molecule has 0 bridgehead atoms. The van der Waals surface area contributed by atoms with Crippen molar-refractivity contribution in [1.29, 1.82) is 0 Å². The molecule has 160 valence electrons. The van der Waals surface area contributed by atoms with E-state index in [0.29, 0.717) is 35.6 Å². The zero-order chi connectivity index (χ0) is 21.8. The fourth-order valence-corrected chi connectivity index (χ4v) is 4.00. The number of hydrogen-bond acceptors (Lipinski definition) is 8. The summed E-state index contributed by atoms with van der Waals surface area (Å²) in [5, 5.41) is 17.9. The molecule has 4 rings (SSSR count). The van der Waals surface area contributed by atoms with E-state index in [-0.39, 0.29) is 0 Å². The smallest absolute Gasteiger partial charge is 0.247 e. The Labute approximate surface area is 184 Å². The van der Waals surface area contributed by atoms with Gasteiger partial charge >= 0.3 is 0 Å². The number of aryl methyl sites for hydroxylation is 1. The van der Waals surface area contributed by atoms with E-state index in [9.17, 15) is 0 Å². The first-order valence-electron chi connectivity index (χ1n) is 9.80. The van der Waals surface area contributed by atoms with Gasteiger partial charge in [0.2, 0.25) is 11.8 Å². The quantitative estimate of drug-likeness (QED) is 0.369. The van der Waals surface area contributed by atoms with Gasteiger partial charge in [-0.15, -0.1) is 20.4 Å². The molecule has 2 aromatic heterocycles. The van der Waals surface area contributed by atoms with Crippen LogP contribution in [0.2, 0.25) is 0 Å². The zero-order valence-electron chi connectivity index (χ0n) is 17.8. The van der Waals surface area contributed by atoms with Gasteiger partial charge in [0.25, 0.3) is 0 Å². The molecule has 2 aromatic carbocycles. The molecule has 0 aliphatic carbocycles. The molecule has 2 heterocycles. The molecular weight excluding hydrogens is 414 g/mol. The predicted molar refractivity (Wildman–Crippen MR) is 118 cm³/mol. The van der Waals surface area contributed by atoms with Crippen LogP contribution in [-0.4, -0.2) is 39.2 Å². The highest BCUT2D eigenvalue weighted by Crippen LogP contribution is 2.31. The molecule has 0 N–H and O–H groups in total. The predicted octanol–water partition coefficient (Wildman–Crippen LogP) is 4.63. The third kappa shape index (κ3) is 4.56. The van der Waals surface area contributed by atoms with Gasteiger partial charge in [-0.1, -0.05) is 29.5 Å². The van der Waals surface area contributed by atoms with Crippen LogP contribution in [0.15, 0.2) is 52.0 Å². The first kappa shape index (κ1) is 20.9. The number of thioether (sulfide) groups is 1. The van der Waals surface area contributed by atoms with E-state index in [1.54, 1.807) is 14.2 Å². The molecule has 8 nitrogen and oxygen atoms in total. The van der Waals surface area contributed by atoms with Crippen LogP contribution >= 0.6 is 11.8 Å². The van der Waals surface area contributed by atoms with Gasteiger partial charge in [0.1, 0.15) is 11.5 Å². The van der Waals surface area contributed by atoms with Crippen molar-refractivity contribution in [2.45, 2.75) is 31.3 Å². The monoisotopic (exact) mass is 437 g/mol. The Morgan fingerprint density at radius 1 is 0.935 bits per heavy atom. The molecule has 0 fully saturated rings. The minimum absolute atomic E-state index is 0.498. The van der Waals surface area contributed by atoms with Gasteiger partial charge in [-0.2, -0.15) is 0 Å². The second kappa shape index (κ2) is 9.22. The topological polar surface area (TPSA) is 88.1 Å². The summed E-state index contributed by atoms with van der Waals surface area (Å²) in [6, 6.07) is 13.6. The number of aromatic nitrogens is 5. The molecule has 4 aromatic rings. The Hall–Kier alpha value is -3.33. The molecule has 0 amide bonds. The highest BCUT2D eigenvalue weighted by atomic mass is 32.2. The van der Waals surface area contributed by atoms with Crippen LogP contribution in [0.1, 0.15) is 18.4 Å². The number of ether oxygens (including phenoxy) is 2. The van der Waals surface area contributed by atoms with Crippen LogP contribution in [0.3, 0.4) is 0 Å². The van der Waals surface area contributed by atoms with Gasteiger partial charge in [0.05, 0.1) is 20.0 Å². The SMILES string of the molecule is CCn1c(SCc2nnc(-c3cccc(C)c3)o2)nnc1-c1cc(OC)cc(OC)c1. The van der Waals surface area contributed by atoms with Gasteiger partial charge < -0.3 is 18.5 Å². The Balaban J connectivity index is 1.54. The van der Waals surface area contributed by atoms with Crippen LogP contribution in [0.4, 0.5) is 0 Å². The maximum Gasteiger partial charge on any atom is 0.247 e. The van der Waals surface area contributed by atoms with E-state index < -0.39 is 0 Å². The summed E-state index contributed by atoms with van der Waals surface area (Å²) in [7, 11) is 3.25. The van der Waals surface area contributed by atoms with E-state index in [4.69, 9.17) is 13.9 Å². The van der Waals surface area contributed by atoms with Gasteiger partial charge in [-0.3, -0.25) is 0 Å². The van der Waals surface area contributed by atoms with E-state index in [1.165, 1.54) is 11.8 Å². The molecule has 0 saturated heterocycles. The summed E-state index contributed by atoms with van der Waals surface area (Å²) >= 11 is 1.50. The summed E-state index contributed by atoms with van der Waals surface area (Å²) in [5.74, 6) is 3.69. The zero-order valence-corrected chi connectivity index (χ0v) is 18.6. The van der Waals surface area contributed by atoms with Crippen molar-refractivity contribution in [1.82, 2.24) is 25.0 Å². The van der Waals surface area contributed by atoms with Gasteiger partial charge in [-0.25, -0.2) is 0 Å². The average Bonchev–Trinajstić information content (AvgIpc) is 3.44. The first-order valence-corrected chi connectivity index (χ1v) is 10.8. The standard InChI is InChI=1S/C22H23N5O3S/c1-5-27-20(16-10-17(28-3)12-18(11-16)29-4)24-26-22(27)31-13-19-23-25-21(30-19)15-8-6-7-14(2)9-15/h6-12H,5,13H2,1-4H3. The van der Waals surface area contributed by atoms with Crippen molar-refractivity contribution in [3.05, 3.63) is 53.9 Å². The summed E-state index contributed by atoms with van der Waals surface area (Å²) in [5.41, 5.74) is 2.93. The second-order valence-electron chi connectivity index (χ2n) is 6.81. The van der Waals surface area contributed by atoms with Crippen molar-refractivity contribution in [3.8, 4) is 34.3 Å². The second-order valence-corrected chi connectivity index (χ2v) is 7.75. The van der Waals surface area contributed by atoms with Crippen LogP contribution < -0.4 is 9.47 Å². The minimum atomic E-state index is 0.498. The molecule has 0 aliphatic heterocycles.